The summed E-state index contributed by atoms with van der Waals surface area (Å²) < 4.78 is 0. The molecule has 0 heterocycles. The molecule has 0 aliphatic rings. The molecule has 0 aliphatic heterocycles. The van der Waals surface area contributed by atoms with E-state index in [9.17, 15) is 5.11 Å². The van der Waals surface area contributed by atoms with Gasteiger partial charge in [-0.15, -0.1) is 0 Å². The van der Waals surface area contributed by atoms with Crippen molar-refractivity contribution < 1.29 is 5.11 Å². The zero-order valence-corrected chi connectivity index (χ0v) is 10.2. The quantitative estimate of drug-likeness (QED) is 0.637. The first-order valence-corrected chi connectivity index (χ1v) is 5.80. The summed E-state index contributed by atoms with van der Waals surface area (Å²) in [5, 5.41) is 9.83. The molecule has 0 aromatic heterocycles. The van der Waals surface area contributed by atoms with Gasteiger partial charge in [-0.3, -0.25) is 0 Å². The van der Waals surface area contributed by atoms with Crippen LogP contribution >= 0.6 is 0 Å². The Balaban J connectivity index is 3.77. The predicted octanol–water partition coefficient (Wildman–Crippen LogP) is 1.03. The Morgan fingerprint density at radius 1 is 0.786 bits per heavy atom. The Kier molecular flexibility index (Phi) is 8.14. The lowest BCUT2D eigenvalue weighted by atomic mass is 10.3. The lowest BCUT2D eigenvalue weighted by molar-refractivity contribution is 0.0807. The van der Waals surface area contributed by atoms with Crippen LogP contribution in [0.25, 0.3) is 0 Å². The minimum absolute atomic E-state index is 0.213. The average Bonchev–Trinajstić information content (AvgIpc) is 2.22. The first-order valence-electron chi connectivity index (χ1n) is 5.80. The Bertz CT molecular complexity index is 108. The fraction of sp³-hybridized carbons (Fsp3) is 1.00. The molecular formula is C11H26N2O. The lowest BCUT2D eigenvalue weighted by Crippen LogP contribution is -2.40. The Hall–Kier alpha value is -0.120. The van der Waals surface area contributed by atoms with Gasteiger partial charge in [0.2, 0.25) is 0 Å². The van der Waals surface area contributed by atoms with Gasteiger partial charge in [0.05, 0.1) is 6.10 Å². The first-order chi connectivity index (χ1) is 6.67. The molecule has 3 nitrogen and oxygen atoms in total. The van der Waals surface area contributed by atoms with E-state index in [0.29, 0.717) is 0 Å². The highest BCUT2D eigenvalue weighted by molar-refractivity contribution is 4.66. The third-order valence-electron chi connectivity index (χ3n) is 2.73. The van der Waals surface area contributed by atoms with Crippen molar-refractivity contribution in [3.8, 4) is 0 Å². The Morgan fingerprint density at radius 3 is 1.29 bits per heavy atom. The smallest absolute Gasteiger partial charge is 0.0793 e. The van der Waals surface area contributed by atoms with Gasteiger partial charge >= 0.3 is 0 Å². The maximum absolute atomic E-state index is 9.83. The summed E-state index contributed by atoms with van der Waals surface area (Å²) in [6, 6.07) is 0. The fourth-order valence-corrected chi connectivity index (χ4v) is 1.62. The highest BCUT2D eigenvalue weighted by Gasteiger charge is 2.11. The molecule has 0 spiro atoms. The zero-order chi connectivity index (χ0) is 11.0. The molecule has 0 rings (SSSR count). The summed E-state index contributed by atoms with van der Waals surface area (Å²) in [6.45, 7) is 14.2. The van der Waals surface area contributed by atoms with Crippen LogP contribution in [-0.2, 0) is 0 Å². The van der Waals surface area contributed by atoms with E-state index in [4.69, 9.17) is 0 Å². The Morgan fingerprint density at radius 2 is 1.07 bits per heavy atom. The monoisotopic (exact) mass is 202 g/mol. The summed E-state index contributed by atoms with van der Waals surface area (Å²) >= 11 is 0. The molecule has 14 heavy (non-hydrogen) atoms. The number of hydrogen-bond donors (Lipinski definition) is 1. The van der Waals surface area contributed by atoms with Crippen molar-refractivity contribution in [3.63, 3.8) is 0 Å². The van der Waals surface area contributed by atoms with E-state index in [-0.39, 0.29) is 6.10 Å². The number of aliphatic hydroxyl groups is 1. The van der Waals surface area contributed by atoms with Crippen LogP contribution in [0.1, 0.15) is 27.7 Å². The number of aliphatic hydroxyl groups excluding tert-OH is 1. The predicted molar refractivity (Wildman–Crippen MR) is 61.6 cm³/mol. The molecule has 0 unspecified atom stereocenters. The van der Waals surface area contributed by atoms with E-state index in [1.54, 1.807) is 0 Å². The van der Waals surface area contributed by atoms with Crippen LogP contribution in [0, 0.1) is 0 Å². The van der Waals surface area contributed by atoms with E-state index < -0.39 is 0 Å². The van der Waals surface area contributed by atoms with Crippen molar-refractivity contribution >= 4 is 0 Å². The molecule has 0 radical (unpaired) electrons. The van der Waals surface area contributed by atoms with Gasteiger partial charge in [0.25, 0.3) is 0 Å². The minimum Gasteiger partial charge on any atom is -0.390 e. The molecule has 0 saturated carbocycles. The van der Waals surface area contributed by atoms with Crippen LogP contribution in [0.15, 0.2) is 0 Å². The number of hydrogen-bond acceptors (Lipinski definition) is 3. The van der Waals surface area contributed by atoms with Gasteiger partial charge in [-0.25, -0.2) is 0 Å². The summed E-state index contributed by atoms with van der Waals surface area (Å²) in [4.78, 5) is 4.52. The van der Waals surface area contributed by atoms with Crippen LogP contribution < -0.4 is 0 Å². The third kappa shape index (κ3) is 5.58. The fourth-order valence-electron chi connectivity index (χ4n) is 1.62. The maximum atomic E-state index is 9.83. The third-order valence-corrected chi connectivity index (χ3v) is 2.73. The van der Waals surface area contributed by atoms with Crippen molar-refractivity contribution in [1.82, 2.24) is 9.80 Å². The molecule has 0 aromatic carbocycles. The highest BCUT2D eigenvalue weighted by atomic mass is 16.3. The number of rotatable bonds is 8. The van der Waals surface area contributed by atoms with Crippen LogP contribution in [0.3, 0.4) is 0 Å². The molecule has 0 atom stereocenters. The summed E-state index contributed by atoms with van der Waals surface area (Å²) in [6.07, 6.45) is -0.213. The number of nitrogens with zero attached hydrogens (tertiary/aromatic N) is 2. The van der Waals surface area contributed by atoms with E-state index in [2.05, 4.69) is 37.5 Å². The second-order valence-corrected chi connectivity index (χ2v) is 3.63. The number of likely N-dealkylation sites (N-methyl/N-ethyl adjacent to an activating group) is 2. The standard InChI is InChI=1S/C11H26N2O/c1-5-12(6-2)9-11(14)10-13(7-3)8-4/h11,14H,5-10H2,1-4H3. The van der Waals surface area contributed by atoms with E-state index >= 15 is 0 Å². The summed E-state index contributed by atoms with van der Waals surface area (Å²) in [7, 11) is 0. The second kappa shape index (κ2) is 8.21. The van der Waals surface area contributed by atoms with Gasteiger partial charge in [0.15, 0.2) is 0 Å². The molecular weight excluding hydrogens is 176 g/mol. The normalized spacial score (nSPS) is 12.0. The van der Waals surface area contributed by atoms with Gasteiger partial charge in [-0.2, -0.15) is 0 Å². The average molecular weight is 202 g/mol. The van der Waals surface area contributed by atoms with Gasteiger partial charge < -0.3 is 14.9 Å². The van der Waals surface area contributed by atoms with Crippen LogP contribution in [0.2, 0.25) is 0 Å². The van der Waals surface area contributed by atoms with Gasteiger partial charge in [-0.1, -0.05) is 27.7 Å². The highest BCUT2D eigenvalue weighted by Crippen LogP contribution is 1.96. The molecule has 86 valence electrons. The van der Waals surface area contributed by atoms with Crippen LogP contribution in [-0.4, -0.2) is 60.3 Å². The molecule has 3 heteroatoms. The van der Waals surface area contributed by atoms with Crippen molar-refractivity contribution in [2.45, 2.75) is 33.8 Å². The molecule has 0 saturated heterocycles. The van der Waals surface area contributed by atoms with E-state index in [0.717, 1.165) is 39.3 Å². The molecule has 0 fully saturated rings. The Labute approximate surface area is 88.7 Å². The zero-order valence-electron chi connectivity index (χ0n) is 10.2. The lowest BCUT2D eigenvalue weighted by Gasteiger charge is -2.26. The summed E-state index contributed by atoms with van der Waals surface area (Å²) in [5.74, 6) is 0. The van der Waals surface area contributed by atoms with E-state index in [1.807, 2.05) is 0 Å². The van der Waals surface area contributed by atoms with Crippen LogP contribution in [0.4, 0.5) is 0 Å². The van der Waals surface area contributed by atoms with Crippen LogP contribution in [0.5, 0.6) is 0 Å². The van der Waals surface area contributed by atoms with Crippen molar-refractivity contribution in [2.24, 2.45) is 0 Å². The van der Waals surface area contributed by atoms with Gasteiger partial charge in [0.1, 0.15) is 0 Å². The topological polar surface area (TPSA) is 26.7 Å². The van der Waals surface area contributed by atoms with Crippen molar-refractivity contribution in [2.75, 3.05) is 39.3 Å². The largest absolute Gasteiger partial charge is 0.390 e. The maximum Gasteiger partial charge on any atom is 0.0793 e. The van der Waals surface area contributed by atoms with Crippen molar-refractivity contribution in [1.29, 1.82) is 0 Å². The first kappa shape index (κ1) is 13.9. The van der Waals surface area contributed by atoms with Gasteiger partial charge in [-0.05, 0) is 26.2 Å². The second-order valence-electron chi connectivity index (χ2n) is 3.63. The molecule has 0 aliphatic carbocycles. The summed E-state index contributed by atoms with van der Waals surface area (Å²) in [5.41, 5.74) is 0. The van der Waals surface area contributed by atoms with Crippen molar-refractivity contribution in [3.05, 3.63) is 0 Å². The molecule has 0 amide bonds. The van der Waals surface area contributed by atoms with E-state index in [1.165, 1.54) is 0 Å². The minimum atomic E-state index is -0.213. The molecule has 0 bridgehead atoms. The molecule has 0 aromatic rings. The van der Waals surface area contributed by atoms with Gasteiger partial charge in [0, 0.05) is 13.1 Å². The molecule has 1 N–H and O–H groups in total. The SMILES string of the molecule is CCN(CC)CC(O)CN(CC)CC.